The highest BCUT2D eigenvalue weighted by Gasteiger charge is 2.12. The van der Waals surface area contributed by atoms with Gasteiger partial charge in [0, 0.05) is 31.4 Å². The van der Waals surface area contributed by atoms with Gasteiger partial charge in [-0.15, -0.1) is 0 Å². The Labute approximate surface area is 140 Å². The van der Waals surface area contributed by atoms with Crippen LogP contribution >= 0.6 is 0 Å². The molecule has 128 valence electrons. The Balaban J connectivity index is 1.76. The van der Waals surface area contributed by atoms with Crippen molar-refractivity contribution in [3.63, 3.8) is 0 Å². The molecule has 2 N–H and O–H groups in total. The quantitative estimate of drug-likeness (QED) is 0.690. The predicted octanol–water partition coefficient (Wildman–Crippen LogP) is 2.95. The van der Waals surface area contributed by atoms with Crippen LogP contribution in [0.4, 0.5) is 0 Å². The SMILES string of the molecule is Cc1nc(CCC(=O)NCCCCC(=O)O)oc1-c1ccccc1. The fourth-order valence-corrected chi connectivity index (χ4v) is 2.35. The highest BCUT2D eigenvalue weighted by Crippen LogP contribution is 2.24. The molecule has 2 rings (SSSR count). The summed E-state index contributed by atoms with van der Waals surface area (Å²) in [5, 5.41) is 11.3. The summed E-state index contributed by atoms with van der Waals surface area (Å²) in [4.78, 5) is 26.5. The van der Waals surface area contributed by atoms with Crippen LogP contribution in [0, 0.1) is 6.92 Å². The van der Waals surface area contributed by atoms with Crippen molar-refractivity contribution in [2.24, 2.45) is 0 Å². The highest BCUT2D eigenvalue weighted by atomic mass is 16.4. The van der Waals surface area contributed by atoms with Gasteiger partial charge in [-0.05, 0) is 19.8 Å². The number of aryl methyl sites for hydroxylation is 2. The summed E-state index contributed by atoms with van der Waals surface area (Å²) >= 11 is 0. The van der Waals surface area contributed by atoms with Gasteiger partial charge in [0.1, 0.15) is 0 Å². The van der Waals surface area contributed by atoms with Crippen LogP contribution in [0.25, 0.3) is 11.3 Å². The summed E-state index contributed by atoms with van der Waals surface area (Å²) in [7, 11) is 0. The maximum absolute atomic E-state index is 11.8. The first-order chi connectivity index (χ1) is 11.6. The standard InChI is InChI=1S/C18H22N2O4/c1-13-18(14-7-3-2-4-8-14)24-16(20-13)11-10-15(21)19-12-6-5-9-17(22)23/h2-4,7-8H,5-6,9-12H2,1H3,(H,19,21)(H,22,23). The summed E-state index contributed by atoms with van der Waals surface area (Å²) in [6, 6.07) is 9.74. The Morgan fingerprint density at radius 3 is 2.62 bits per heavy atom. The average molecular weight is 330 g/mol. The van der Waals surface area contributed by atoms with Crippen molar-refractivity contribution in [1.82, 2.24) is 10.3 Å². The number of nitrogens with one attached hydrogen (secondary N) is 1. The topological polar surface area (TPSA) is 92.4 Å². The van der Waals surface area contributed by atoms with E-state index in [0.29, 0.717) is 38.1 Å². The van der Waals surface area contributed by atoms with Crippen molar-refractivity contribution in [2.75, 3.05) is 6.54 Å². The molecular formula is C18H22N2O4. The maximum Gasteiger partial charge on any atom is 0.303 e. The van der Waals surface area contributed by atoms with Gasteiger partial charge in [-0.25, -0.2) is 4.98 Å². The molecule has 0 spiro atoms. The lowest BCUT2D eigenvalue weighted by Gasteiger charge is -2.03. The van der Waals surface area contributed by atoms with E-state index >= 15 is 0 Å². The number of carbonyl (C=O) groups is 2. The fraction of sp³-hybridized carbons (Fsp3) is 0.389. The maximum atomic E-state index is 11.8. The molecule has 0 saturated carbocycles. The lowest BCUT2D eigenvalue weighted by molar-refractivity contribution is -0.137. The van der Waals surface area contributed by atoms with Crippen LogP contribution < -0.4 is 5.32 Å². The number of hydrogen-bond donors (Lipinski definition) is 2. The molecule has 0 unspecified atom stereocenters. The second kappa shape index (κ2) is 8.86. The van der Waals surface area contributed by atoms with E-state index in [0.717, 1.165) is 17.0 Å². The van der Waals surface area contributed by atoms with E-state index in [1.165, 1.54) is 0 Å². The molecule has 1 heterocycles. The predicted molar refractivity (Wildman–Crippen MR) is 89.5 cm³/mol. The molecule has 0 aliphatic carbocycles. The third kappa shape index (κ3) is 5.53. The van der Waals surface area contributed by atoms with E-state index in [-0.39, 0.29) is 12.3 Å². The molecule has 0 radical (unpaired) electrons. The van der Waals surface area contributed by atoms with Crippen LogP contribution in [0.5, 0.6) is 0 Å². The largest absolute Gasteiger partial charge is 0.481 e. The van der Waals surface area contributed by atoms with Crippen LogP contribution in [-0.2, 0) is 16.0 Å². The second-order valence-electron chi connectivity index (χ2n) is 5.59. The lowest BCUT2D eigenvalue weighted by Crippen LogP contribution is -2.24. The van der Waals surface area contributed by atoms with E-state index in [1.807, 2.05) is 37.3 Å². The molecule has 0 bridgehead atoms. The van der Waals surface area contributed by atoms with E-state index in [1.54, 1.807) is 0 Å². The van der Waals surface area contributed by atoms with E-state index in [9.17, 15) is 9.59 Å². The van der Waals surface area contributed by atoms with E-state index in [2.05, 4.69) is 10.3 Å². The number of oxazole rings is 1. The molecule has 24 heavy (non-hydrogen) atoms. The number of amides is 1. The van der Waals surface area contributed by atoms with Gasteiger partial charge in [-0.1, -0.05) is 30.3 Å². The third-order valence-corrected chi connectivity index (χ3v) is 3.58. The monoisotopic (exact) mass is 330 g/mol. The van der Waals surface area contributed by atoms with Crippen LogP contribution in [0.1, 0.15) is 37.3 Å². The zero-order valence-electron chi connectivity index (χ0n) is 13.7. The van der Waals surface area contributed by atoms with Gasteiger partial charge in [-0.3, -0.25) is 9.59 Å². The number of benzene rings is 1. The molecule has 1 amide bonds. The Morgan fingerprint density at radius 2 is 1.92 bits per heavy atom. The minimum absolute atomic E-state index is 0.0811. The molecule has 0 aliphatic rings. The zero-order chi connectivity index (χ0) is 17.4. The average Bonchev–Trinajstić information content (AvgIpc) is 2.94. The van der Waals surface area contributed by atoms with Gasteiger partial charge in [0.2, 0.25) is 5.91 Å². The number of carbonyl (C=O) groups excluding carboxylic acids is 1. The molecule has 0 fully saturated rings. The number of hydrogen-bond acceptors (Lipinski definition) is 4. The minimum atomic E-state index is -0.810. The Bertz CT molecular complexity index is 680. The summed E-state index contributed by atoms with van der Waals surface area (Å²) in [6.45, 7) is 2.38. The normalized spacial score (nSPS) is 10.5. The van der Waals surface area contributed by atoms with Gasteiger partial charge >= 0.3 is 5.97 Å². The first kappa shape index (κ1) is 17.7. The molecule has 0 aliphatic heterocycles. The minimum Gasteiger partial charge on any atom is -0.481 e. The third-order valence-electron chi connectivity index (χ3n) is 3.58. The van der Waals surface area contributed by atoms with Crippen LogP contribution in [0.2, 0.25) is 0 Å². The molecule has 6 nitrogen and oxygen atoms in total. The number of aliphatic carboxylic acids is 1. The van der Waals surface area contributed by atoms with Gasteiger partial charge in [-0.2, -0.15) is 0 Å². The molecule has 1 aromatic heterocycles. The number of carboxylic acid groups (broad SMARTS) is 1. The molecule has 6 heteroatoms. The lowest BCUT2D eigenvalue weighted by atomic mass is 10.1. The smallest absolute Gasteiger partial charge is 0.303 e. The molecule has 0 atom stereocenters. The zero-order valence-corrected chi connectivity index (χ0v) is 13.7. The van der Waals surface area contributed by atoms with Crippen molar-refractivity contribution < 1.29 is 19.1 Å². The van der Waals surface area contributed by atoms with Crippen molar-refractivity contribution in [2.45, 2.75) is 39.0 Å². The van der Waals surface area contributed by atoms with Crippen LogP contribution in [0.3, 0.4) is 0 Å². The van der Waals surface area contributed by atoms with Crippen LogP contribution in [0.15, 0.2) is 34.7 Å². The van der Waals surface area contributed by atoms with Crippen molar-refractivity contribution >= 4 is 11.9 Å². The van der Waals surface area contributed by atoms with Crippen molar-refractivity contribution in [3.8, 4) is 11.3 Å². The van der Waals surface area contributed by atoms with Gasteiger partial charge in [0.15, 0.2) is 11.7 Å². The number of nitrogens with zero attached hydrogens (tertiary/aromatic N) is 1. The molecule has 2 aromatic rings. The summed E-state index contributed by atoms with van der Waals surface area (Å²) < 4.78 is 5.76. The van der Waals surface area contributed by atoms with E-state index in [4.69, 9.17) is 9.52 Å². The van der Waals surface area contributed by atoms with Gasteiger partial charge in [0.25, 0.3) is 0 Å². The van der Waals surface area contributed by atoms with Crippen molar-refractivity contribution in [3.05, 3.63) is 41.9 Å². The number of unbranched alkanes of at least 4 members (excludes halogenated alkanes) is 1. The summed E-state index contributed by atoms with van der Waals surface area (Å²) in [5.41, 5.74) is 1.78. The highest BCUT2D eigenvalue weighted by molar-refractivity contribution is 5.76. The van der Waals surface area contributed by atoms with Gasteiger partial charge < -0.3 is 14.8 Å². The molecule has 1 aromatic carbocycles. The fourth-order valence-electron chi connectivity index (χ4n) is 2.35. The Kier molecular flexibility index (Phi) is 6.54. The molecular weight excluding hydrogens is 308 g/mol. The summed E-state index contributed by atoms with van der Waals surface area (Å²) in [6.07, 6.45) is 2.10. The molecule has 0 saturated heterocycles. The van der Waals surface area contributed by atoms with Crippen molar-refractivity contribution in [1.29, 1.82) is 0 Å². The first-order valence-corrected chi connectivity index (χ1v) is 8.06. The number of carboxylic acids is 1. The summed E-state index contributed by atoms with van der Waals surface area (Å²) in [5.74, 6) is 0.393. The Hall–Kier alpha value is -2.63. The van der Waals surface area contributed by atoms with Crippen LogP contribution in [-0.4, -0.2) is 28.5 Å². The Morgan fingerprint density at radius 1 is 1.17 bits per heavy atom. The second-order valence-corrected chi connectivity index (χ2v) is 5.59. The number of rotatable bonds is 9. The number of aromatic nitrogens is 1. The first-order valence-electron chi connectivity index (χ1n) is 8.06. The van der Waals surface area contributed by atoms with E-state index < -0.39 is 5.97 Å². The van der Waals surface area contributed by atoms with Gasteiger partial charge in [0.05, 0.1) is 5.69 Å².